The van der Waals surface area contributed by atoms with Gasteiger partial charge >= 0.3 is 12.1 Å². The molecule has 2 aromatic rings. The highest BCUT2D eigenvalue weighted by atomic mass is 16.6. The third-order valence-corrected chi connectivity index (χ3v) is 3.68. The lowest BCUT2D eigenvalue weighted by molar-refractivity contribution is -0.139. The van der Waals surface area contributed by atoms with Crippen molar-refractivity contribution in [3.63, 3.8) is 0 Å². The van der Waals surface area contributed by atoms with Gasteiger partial charge in [-0.15, -0.1) is 0 Å². The summed E-state index contributed by atoms with van der Waals surface area (Å²) in [5, 5.41) is 14.5. The predicted molar refractivity (Wildman–Crippen MR) is 105 cm³/mol. The molecule has 3 N–H and O–H groups in total. The molecule has 0 aliphatic heterocycles. The average molecular weight is 384 g/mol. The van der Waals surface area contributed by atoms with Crippen LogP contribution in [0.2, 0.25) is 0 Å². The first kappa shape index (κ1) is 21.0. The monoisotopic (exact) mass is 384 g/mol. The maximum absolute atomic E-state index is 12.2. The standard InChI is InChI=1S/C21H24N2O5/c1-21(2,3)28-20(27)23-17(19(25)26)13-14-9-11-16(12-10-14)22-18(24)15-7-5-4-6-8-15/h4-12,17H,13H2,1-3H3,(H,22,24)(H,23,27)(H,25,26)/t17-/m0/s1. The molecule has 0 aromatic heterocycles. The Kier molecular flexibility index (Phi) is 6.76. The molecule has 2 rings (SSSR count). The highest BCUT2D eigenvalue weighted by Gasteiger charge is 2.24. The van der Waals surface area contributed by atoms with E-state index in [1.807, 2.05) is 6.07 Å². The van der Waals surface area contributed by atoms with Crippen LogP contribution in [-0.4, -0.2) is 34.7 Å². The fourth-order valence-electron chi connectivity index (χ4n) is 2.40. The minimum atomic E-state index is -1.16. The van der Waals surface area contributed by atoms with E-state index < -0.39 is 23.7 Å². The molecule has 0 spiro atoms. The van der Waals surface area contributed by atoms with Crippen molar-refractivity contribution in [2.75, 3.05) is 5.32 Å². The topological polar surface area (TPSA) is 105 Å². The zero-order valence-corrected chi connectivity index (χ0v) is 16.1. The average Bonchev–Trinajstić information content (AvgIpc) is 2.61. The predicted octanol–water partition coefficient (Wildman–Crippen LogP) is 3.46. The van der Waals surface area contributed by atoms with Crippen LogP contribution in [0.5, 0.6) is 0 Å². The molecule has 0 aliphatic carbocycles. The highest BCUT2D eigenvalue weighted by molar-refractivity contribution is 6.04. The second-order valence-corrected chi connectivity index (χ2v) is 7.26. The van der Waals surface area contributed by atoms with Gasteiger partial charge in [0.1, 0.15) is 11.6 Å². The molecule has 0 saturated carbocycles. The maximum Gasteiger partial charge on any atom is 0.408 e. The summed E-state index contributed by atoms with van der Waals surface area (Å²) in [7, 11) is 0. The Hall–Kier alpha value is -3.35. The zero-order valence-electron chi connectivity index (χ0n) is 16.1. The molecule has 0 radical (unpaired) electrons. The fraction of sp³-hybridized carbons (Fsp3) is 0.286. The second-order valence-electron chi connectivity index (χ2n) is 7.26. The summed E-state index contributed by atoms with van der Waals surface area (Å²) in [5.41, 5.74) is 1.11. The van der Waals surface area contributed by atoms with Crippen molar-refractivity contribution in [1.29, 1.82) is 0 Å². The van der Waals surface area contributed by atoms with Crippen LogP contribution in [0.4, 0.5) is 10.5 Å². The van der Waals surface area contributed by atoms with Gasteiger partial charge in [0.15, 0.2) is 0 Å². The SMILES string of the molecule is CC(C)(C)OC(=O)N[C@@H](Cc1ccc(NC(=O)c2ccccc2)cc1)C(=O)O. The summed E-state index contributed by atoms with van der Waals surface area (Å²) in [6.07, 6.45) is -0.701. The number of benzene rings is 2. The summed E-state index contributed by atoms with van der Waals surface area (Å²) in [4.78, 5) is 35.4. The van der Waals surface area contributed by atoms with Gasteiger partial charge in [-0.2, -0.15) is 0 Å². The molecule has 28 heavy (non-hydrogen) atoms. The third kappa shape index (κ3) is 6.75. The number of carbonyl (C=O) groups is 3. The van der Waals surface area contributed by atoms with Crippen molar-refractivity contribution in [1.82, 2.24) is 5.32 Å². The van der Waals surface area contributed by atoms with E-state index in [0.717, 1.165) is 0 Å². The van der Waals surface area contributed by atoms with E-state index in [-0.39, 0.29) is 12.3 Å². The van der Waals surface area contributed by atoms with Crippen molar-refractivity contribution >= 4 is 23.7 Å². The Morgan fingerprint density at radius 2 is 1.61 bits per heavy atom. The Bertz CT molecular complexity index is 826. The number of amides is 2. The first-order valence-corrected chi connectivity index (χ1v) is 8.82. The van der Waals surface area contributed by atoms with Crippen molar-refractivity contribution in [3.05, 3.63) is 65.7 Å². The van der Waals surface area contributed by atoms with E-state index >= 15 is 0 Å². The van der Waals surface area contributed by atoms with Crippen molar-refractivity contribution in [2.45, 2.75) is 38.8 Å². The molecule has 1 atom stereocenters. The number of alkyl carbamates (subject to hydrolysis) is 1. The van der Waals surface area contributed by atoms with Crippen LogP contribution in [0.25, 0.3) is 0 Å². The Morgan fingerprint density at radius 1 is 1.00 bits per heavy atom. The van der Waals surface area contributed by atoms with Crippen LogP contribution in [0.3, 0.4) is 0 Å². The molecule has 2 aromatic carbocycles. The fourth-order valence-corrected chi connectivity index (χ4v) is 2.40. The summed E-state index contributed by atoms with van der Waals surface area (Å²) >= 11 is 0. The van der Waals surface area contributed by atoms with Crippen molar-refractivity contribution < 1.29 is 24.2 Å². The molecule has 7 heteroatoms. The minimum Gasteiger partial charge on any atom is -0.480 e. The van der Waals surface area contributed by atoms with Gasteiger partial charge < -0.3 is 20.5 Å². The number of nitrogens with one attached hydrogen (secondary N) is 2. The van der Waals surface area contributed by atoms with E-state index in [4.69, 9.17) is 4.74 Å². The first-order chi connectivity index (χ1) is 13.1. The molecule has 7 nitrogen and oxygen atoms in total. The number of hydrogen-bond donors (Lipinski definition) is 3. The van der Waals surface area contributed by atoms with Gasteiger partial charge in [-0.25, -0.2) is 9.59 Å². The number of carbonyl (C=O) groups excluding carboxylic acids is 2. The van der Waals surface area contributed by atoms with Crippen LogP contribution in [-0.2, 0) is 16.0 Å². The number of hydrogen-bond acceptors (Lipinski definition) is 4. The van der Waals surface area contributed by atoms with Crippen LogP contribution in [0, 0.1) is 0 Å². The molecule has 0 saturated heterocycles. The van der Waals surface area contributed by atoms with Crippen LogP contribution in [0.1, 0.15) is 36.7 Å². The number of ether oxygens (including phenoxy) is 1. The van der Waals surface area contributed by atoms with Crippen LogP contribution < -0.4 is 10.6 Å². The quantitative estimate of drug-likeness (QED) is 0.707. The highest BCUT2D eigenvalue weighted by Crippen LogP contribution is 2.14. The van der Waals surface area contributed by atoms with E-state index in [9.17, 15) is 19.5 Å². The van der Waals surface area contributed by atoms with E-state index in [1.54, 1.807) is 69.3 Å². The summed E-state index contributed by atoms with van der Waals surface area (Å²) in [5.74, 6) is -1.39. The van der Waals surface area contributed by atoms with Gasteiger partial charge in [0.05, 0.1) is 0 Å². The number of carboxylic acids is 1. The molecule has 148 valence electrons. The Morgan fingerprint density at radius 3 is 2.14 bits per heavy atom. The van der Waals surface area contributed by atoms with Crippen molar-refractivity contribution in [3.8, 4) is 0 Å². The number of rotatable bonds is 6. The molecule has 0 aliphatic rings. The molecular formula is C21H24N2O5. The molecule has 0 bridgehead atoms. The minimum absolute atomic E-state index is 0.0848. The van der Waals surface area contributed by atoms with Crippen molar-refractivity contribution in [2.24, 2.45) is 0 Å². The van der Waals surface area contributed by atoms with Gasteiger partial charge in [-0.05, 0) is 50.6 Å². The Balaban J connectivity index is 1.98. The van der Waals surface area contributed by atoms with Gasteiger partial charge in [0.2, 0.25) is 0 Å². The number of aliphatic carboxylic acids is 1. The largest absolute Gasteiger partial charge is 0.480 e. The lowest BCUT2D eigenvalue weighted by Gasteiger charge is -2.22. The molecular weight excluding hydrogens is 360 g/mol. The van der Waals surface area contributed by atoms with Crippen LogP contribution >= 0.6 is 0 Å². The van der Waals surface area contributed by atoms with Gasteiger partial charge in [0.25, 0.3) is 5.91 Å². The maximum atomic E-state index is 12.2. The van der Waals surface area contributed by atoms with E-state index in [2.05, 4.69) is 10.6 Å². The second kappa shape index (κ2) is 9.03. The van der Waals surface area contributed by atoms with Gasteiger partial charge in [-0.3, -0.25) is 4.79 Å². The third-order valence-electron chi connectivity index (χ3n) is 3.68. The summed E-state index contributed by atoms with van der Waals surface area (Å²) in [6, 6.07) is 14.5. The lowest BCUT2D eigenvalue weighted by atomic mass is 10.1. The summed E-state index contributed by atoms with van der Waals surface area (Å²) < 4.78 is 5.10. The van der Waals surface area contributed by atoms with Crippen LogP contribution in [0.15, 0.2) is 54.6 Å². The lowest BCUT2D eigenvalue weighted by Crippen LogP contribution is -2.44. The zero-order chi connectivity index (χ0) is 20.7. The molecule has 0 heterocycles. The number of anilines is 1. The molecule has 0 unspecified atom stereocenters. The molecule has 2 amide bonds. The normalized spacial score (nSPS) is 12.0. The van der Waals surface area contributed by atoms with Gasteiger partial charge in [-0.1, -0.05) is 30.3 Å². The smallest absolute Gasteiger partial charge is 0.408 e. The van der Waals surface area contributed by atoms with E-state index in [1.165, 1.54) is 0 Å². The first-order valence-electron chi connectivity index (χ1n) is 8.82. The number of carboxylic acid groups (broad SMARTS) is 1. The Labute approximate surface area is 163 Å². The van der Waals surface area contributed by atoms with E-state index in [0.29, 0.717) is 16.8 Å². The van der Waals surface area contributed by atoms with Gasteiger partial charge in [0, 0.05) is 17.7 Å². The summed E-state index contributed by atoms with van der Waals surface area (Å²) in [6.45, 7) is 5.10. The molecule has 0 fully saturated rings.